The van der Waals surface area contributed by atoms with Crippen molar-refractivity contribution in [2.75, 3.05) is 51.4 Å². The quantitative estimate of drug-likeness (QED) is 0.0147. The number of rotatable bonds is 54. The number of likely N-dealkylation sites (tertiary alicyclic amines) is 1. The van der Waals surface area contributed by atoms with Gasteiger partial charge in [-0.2, -0.15) is 11.8 Å². The first-order chi connectivity index (χ1) is 60.6. The lowest BCUT2D eigenvalue weighted by Crippen LogP contribution is -2.61. The summed E-state index contributed by atoms with van der Waals surface area (Å²) in [5.41, 5.74) is 13.9. The molecule has 700 valence electrons. The zero-order valence-electron chi connectivity index (χ0n) is 74.9. The minimum Gasteiger partial charge on any atom is -0.481 e. The molecule has 21 N–H and O–H groups in total. The van der Waals surface area contributed by atoms with Crippen LogP contribution in [0, 0.1) is 23.2 Å². The highest BCUT2D eigenvalue weighted by molar-refractivity contribution is 7.98. The van der Waals surface area contributed by atoms with E-state index in [0.29, 0.717) is 76.9 Å². The number of aromatic amines is 2. The SMILES string of the molecule is CSCC[C@H](NC(=O)[C@H](Cc1ccccc1)NC(=O)[C@H](CCCNC(=N)N)NC(=O)[C@@H](CC(C)C)NC(=O)[C@@H]1CCCN1C(=O)[C@@H](NC(=O)CNC(=O)CCc1cn(CCOC(C)(C)COC(C)(C)CN)nn1)C(C)C)C(=O)N[C@@H](Cc1c[nH]c2ccccc12)C(=O)N[C@@H](C)C(=O)N[C@@H](CC(C)C)C(=O)N[C@@H](CC(=O)O)C(=O)N[C@@H](Cc1c[nH]c2ccccc12)C(=O)O. The molecule has 128 heavy (non-hydrogen) atoms. The normalized spacial score (nSPS) is 15.2. The number of carbonyl (C=O) groups is 14. The molecule has 3 aromatic carbocycles. The van der Waals surface area contributed by atoms with E-state index in [4.69, 9.17) is 26.4 Å². The largest absolute Gasteiger partial charge is 0.481 e. The van der Waals surface area contributed by atoms with Crippen LogP contribution >= 0.6 is 11.8 Å². The van der Waals surface area contributed by atoms with Gasteiger partial charge in [-0.15, -0.1) is 5.10 Å². The van der Waals surface area contributed by atoms with Crippen molar-refractivity contribution in [3.8, 4) is 0 Å². The Morgan fingerprint density at radius 3 is 1.68 bits per heavy atom. The second-order valence-corrected chi connectivity index (χ2v) is 35.6. The number of amides is 12. The summed E-state index contributed by atoms with van der Waals surface area (Å²) in [5.74, 6) is -13.8. The smallest absolute Gasteiger partial charge is 0.326 e. The maximum atomic E-state index is 15.2. The number of nitrogens with zero attached hydrogens (tertiary/aromatic N) is 4. The van der Waals surface area contributed by atoms with Gasteiger partial charge in [0, 0.05) is 92.1 Å². The van der Waals surface area contributed by atoms with Gasteiger partial charge in [0.15, 0.2) is 5.96 Å². The van der Waals surface area contributed by atoms with Crippen LogP contribution in [0.25, 0.3) is 21.8 Å². The van der Waals surface area contributed by atoms with E-state index in [9.17, 15) is 63.0 Å². The topological polar surface area (TPSA) is 584 Å². The molecule has 4 heterocycles. The Bertz CT molecular complexity index is 4780. The van der Waals surface area contributed by atoms with E-state index in [0.717, 1.165) is 0 Å². The number of aromatic nitrogens is 5. The number of hydrogen-bond donors (Lipinski definition) is 19. The number of carboxylic acids is 2. The van der Waals surface area contributed by atoms with Crippen LogP contribution in [0.2, 0.25) is 0 Å². The van der Waals surface area contributed by atoms with Crippen LogP contribution in [-0.4, -0.2) is 258 Å². The highest BCUT2D eigenvalue weighted by Crippen LogP contribution is 2.25. The summed E-state index contributed by atoms with van der Waals surface area (Å²) in [6.07, 6.45) is 5.91. The molecule has 7 rings (SSSR count). The molecule has 11 atom stereocenters. The van der Waals surface area contributed by atoms with E-state index in [1.165, 1.54) is 23.6 Å². The minimum atomic E-state index is -1.82. The molecule has 0 unspecified atom stereocenters. The molecule has 0 bridgehead atoms. The molecule has 0 radical (unpaired) electrons. The lowest BCUT2D eigenvalue weighted by molar-refractivity contribution is -0.143. The molecule has 12 amide bonds. The number of aliphatic carboxylic acids is 2. The molecule has 39 nitrogen and oxygen atoms in total. The first-order valence-corrected chi connectivity index (χ1v) is 44.6. The molecule has 1 saturated heterocycles. The summed E-state index contributed by atoms with van der Waals surface area (Å²) in [5, 5.41) is 69.7. The van der Waals surface area contributed by atoms with Crippen molar-refractivity contribution in [2.24, 2.45) is 29.2 Å². The third-order valence-corrected chi connectivity index (χ3v) is 22.2. The van der Waals surface area contributed by atoms with E-state index in [2.05, 4.69) is 84.1 Å². The second-order valence-electron chi connectivity index (χ2n) is 34.6. The van der Waals surface area contributed by atoms with Crippen molar-refractivity contribution < 1.29 is 86.8 Å². The van der Waals surface area contributed by atoms with Crippen LogP contribution in [0.4, 0.5) is 0 Å². The van der Waals surface area contributed by atoms with E-state index < -0.39 is 179 Å². The third-order valence-electron chi connectivity index (χ3n) is 21.5. The third kappa shape index (κ3) is 33.3. The Kier molecular flexibility index (Phi) is 40.2. The average Bonchev–Trinajstić information content (AvgIpc) is 1.64. The minimum absolute atomic E-state index is 0.0232. The van der Waals surface area contributed by atoms with Gasteiger partial charge in [-0.05, 0) is 138 Å². The van der Waals surface area contributed by atoms with Crippen molar-refractivity contribution in [1.82, 2.24) is 93.7 Å². The van der Waals surface area contributed by atoms with Gasteiger partial charge in [0.05, 0.1) is 49.6 Å². The number of nitrogens with two attached hydrogens (primary N) is 2. The Labute approximate surface area is 748 Å². The molecule has 40 heteroatoms. The van der Waals surface area contributed by atoms with Crippen LogP contribution in [0.15, 0.2) is 97.5 Å². The monoisotopic (exact) mass is 1800 g/mol. The Morgan fingerprint density at radius 2 is 1.11 bits per heavy atom. The highest BCUT2D eigenvalue weighted by Gasteiger charge is 2.42. The molecule has 6 aromatic rings. The van der Waals surface area contributed by atoms with Gasteiger partial charge < -0.3 is 110 Å². The summed E-state index contributed by atoms with van der Waals surface area (Å²) < 4.78 is 13.5. The van der Waals surface area contributed by atoms with E-state index in [1.54, 1.807) is 136 Å². The lowest BCUT2D eigenvalue weighted by atomic mass is 10.00. The number of thioether (sulfide) groups is 1. The summed E-state index contributed by atoms with van der Waals surface area (Å²) in [6.45, 7) is 20.6. The van der Waals surface area contributed by atoms with Gasteiger partial charge in [0.25, 0.3) is 0 Å². The zero-order valence-corrected chi connectivity index (χ0v) is 75.8. The van der Waals surface area contributed by atoms with Gasteiger partial charge in [-0.1, -0.05) is 113 Å². The van der Waals surface area contributed by atoms with Crippen LogP contribution in [0.3, 0.4) is 0 Å². The predicted octanol–water partition coefficient (Wildman–Crippen LogP) is 1.75. The van der Waals surface area contributed by atoms with E-state index in [-0.39, 0.29) is 107 Å². The fourth-order valence-electron chi connectivity index (χ4n) is 14.4. The maximum Gasteiger partial charge on any atom is 0.326 e. The number of para-hydroxylation sites is 2. The number of ether oxygens (including phenoxy) is 2. The molecular weight excluding hydrogens is 1670 g/mol. The first-order valence-electron chi connectivity index (χ1n) is 43.3. The lowest BCUT2D eigenvalue weighted by Gasteiger charge is -2.32. The Balaban J connectivity index is 1.02. The number of guanidine groups is 1. The number of hydrogen-bond acceptors (Lipinski definition) is 21. The van der Waals surface area contributed by atoms with Crippen molar-refractivity contribution in [3.05, 3.63) is 120 Å². The van der Waals surface area contributed by atoms with E-state index >= 15 is 14.4 Å². The molecule has 1 aliphatic rings. The molecule has 0 saturated carbocycles. The number of aryl methyl sites for hydroxylation is 1. The molecule has 3 aromatic heterocycles. The standard InChI is InChI=1S/C88H129N21O18S/c1-50(2)38-64(80(119)102-68(43-73(112)113)82(121)104-69(85(124)125)42-56-45-94-61-27-19-17-25-59(56)61)99-75(114)53(7)96-78(117)67(41-55-44-93-60-26-18-16-24-58(55)60)101-77(116)63(32-37-128-12)98-81(120)66(40-54-22-14-13-15-23-54)100-76(115)62(28-20-33-92-86(90)91)97-79(118)65(39-51(3)4)103-83(122)70-29-21-34-109(70)84(123)74(52(5)6)105-72(111)46-95-71(110)31-30-57-47-108(107-106-57)35-36-126-88(10,11)49-127-87(8,9)48-89/h13-19,22-27,44-45,47,50-53,62-70,74,93-94H,20-21,28-43,46,48-49,89H2,1-12H3,(H,95,110)(H,96,117)(H,97,118)(H,98,120)(H,99,114)(H,100,115)(H,101,116)(H,102,119)(H,103,122)(H,104,121)(H,105,111)(H,112,113)(H,124,125)(H4,90,91,92)/t53-,62-,63-,64-,65+,66-,67-,68-,69-,70-,74-/m0/s1. The number of nitrogens with one attached hydrogen (secondary N) is 15. The summed E-state index contributed by atoms with van der Waals surface area (Å²) in [7, 11) is 0. The summed E-state index contributed by atoms with van der Waals surface area (Å²) in [6, 6.07) is 7.19. The van der Waals surface area contributed by atoms with Crippen LogP contribution in [0.5, 0.6) is 0 Å². The highest BCUT2D eigenvalue weighted by atomic mass is 32.2. The van der Waals surface area contributed by atoms with Crippen LogP contribution < -0.4 is 75.3 Å². The van der Waals surface area contributed by atoms with Crippen LogP contribution in [0.1, 0.15) is 156 Å². The number of benzene rings is 3. The van der Waals surface area contributed by atoms with E-state index in [1.807, 2.05) is 41.5 Å². The predicted molar refractivity (Wildman–Crippen MR) is 480 cm³/mol. The summed E-state index contributed by atoms with van der Waals surface area (Å²) >= 11 is 1.34. The second kappa shape index (κ2) is 49.9. The molecule has 1 fully saturated rings. The molecule has 0 aliphatic carbocycles. The number of carboxylic acid groups (broad SMARTS) is 2. The summed E-state index contributed by atoms with van der Waals surface area (Å²) in [4.78, 5) is 205. The molecule has 1 aliphatic heterocycles. The fraction of sp³-hybridized carbons (Fsp3) is 0.557. The van der Waals surface area contributed by atoms with Crippen molar-refractivity contribution in [2.45, 2.75) is 244 Å². The van der Waals surface area contributed by atoms with Gasteiger partial charge in [0.1, 0.15) is 66.5 Å². The first kappa shape index (κ1) is 103. The zero-order chi connectivity index (χ0) is 94.1. The number of fused-ring (bicyclic) bond motifs is 2. The van der Waals surface area contributed by atoms with Crippen LogP contribution in [-0.2, 0) is 109 Å². The maximum absolute atomic E-state index is 15.2. The van der Waals surface area contributed by atoms with Gasteiger partial charge in [0.2, 0.25) is 70.9 Å². The van der Waals surface area contributed by atoms with Gasteiger partial charge >= 0.3 is 11.9 Å². The van der Waals surface area contributed by atoms with Crippen molar-refractivity contribution in [1.29, 1.82) is 5.41 Å². The van der Waals surface area contributed by atoms with Gasteiger partial charge in [-0.3, -0.25) is 67.7 Å². The Morgan fingerprint density at radius 1 is 0.594 bits per heavy atom. The van der Waals surface area contributed by atoms with Crippen molar-refractivity contribution >= 4 is 122 Å². The number of H-pyrrole nitrogens is 2. The number of carbonyl (C=O) groups excluding carboxylic acids is 12. The van der Waals surface area contributed by atoms with Crippen molar-refractivity contribution in [3.63, 3.8) is 0 Å². The average molecular weight is 1800 g/mol. The van der Waals surface area contributed by atoms with Gasteiger partial charge in [-0.25, -0.2) is 9.48 Å². The molecular formula is C88H129N21O18S. The molecule has 0 spiro atoms. The fourth-order valence-corrected chi connectivity index (χ4v) is 14.8. The Hall–Kier alpha value is -12.0.